The summed E-state index contributed by atoms with van der Waals surface area (Å²) in [6.07, 6.45) is -0.671. The molecule has 0 fully saturated rings. The van der Waals surface area contributed by atoms with E-state index in [1.165, 1.54) is 0 Å². The normalized spacial score (nSPS) is 20.0. The maximum Gasteiger partial charge on any atom is 0.264 e. The molecule has 0 radical (unpaired) electrons. The topological polar surface area (TPSA) is 53.5 Å². The van der Waals surface area contributed by atoms with Crippen LogP contribution in [0.2, 0.25) is 0 Å². The molecule has 78 valence electrons. The second-order valence-corrected chi connectivity index (χ2v) is 3.72. The van der Waals surface area contributed by atoms with Crippen molar-refractivity contribution in [1.82, 2.24) is 5.09 Å². The van der Waals surface area contributed by atoms with Gasteiger partial charge in [0.15, 0.2) is 6.17 Å². The van der Waals surface area contributed by atoms with Crippen LogP contribution in [0.25, 0.3) is 0 Å². The molecular formula is C9H9ClN3OP. The van der Waals surface area contributed by atoms with Crippen LogP contribution in [0.1, 0.15) is 5.56 Å². The summed E-state index contributed by atoms with van der Waals surface area (Å²) in [6, 6.07) is 7.28. The highest BCUT2D eigenvalue weighted by Gasteiger charge is 2.22. The van der Waals surface area contributed by atoms with E-state index >= 15 is 0 Å². The number of halogens is 1. The van der Waals surface area contributed by atoms with Gasteiger partial charge in [-0.1, -0.05) is 33.1 Å². The Morgan fingerprint density at radius 2 is 2.20 bits per heavy atom. The fourth-order valence-electron chi connectivity index (χ4n) is 1.33. The third-order valence-corrected chi connectivity index (χ3v) is 2.67. The fourth-order valence-corrected chi connectivity index (χ4v) is 1.82. The molecule has 2 atom stereocenters. The van der Waals surface area contributed by atoms with Gasteiger partial charge in [0, 0.05) is 5.56 Å². The zero-order chi connectivity index (χ0) is 10.8. The molecule has 0 spiro atoms. The number of carbonyl (C=O) groups is 1. The monoisotopic (exact) mass is 241 g/mol. The Kier molecular flexibility index (Phi) is 3.00. The van der Waals surface area contributed by atoms with E-state index < -0.39 is 6.17 Å². The number of anilines is 1. The van der Waals surface area contributed by atoms with Gasteiger partial charge in [-0.05, 0) is 12.1 Å². The summed E-state index contributed by atoms with van der Waals surface area (Å²) in [5, 5.41) is 5.75. The summed E-state index contributed by atoms with van der Waals surface area (Å²) in [5.74, 6) is -0.229. The van der Waals surface area contributed by atoms with Crippen molar-refractivity contribution in [1.29, 1.82) is 0 Å². The summed E-state index contributed by atoms with van der Waals surface area (Å²) >= 11 is 6.00. The summed E-state index contributed by atoms with van der Waals surface area (Å²) < 4.78 is 0. The average Bonchev–Trinajstić information content (AvgIpc) is 2.37. The van der Waals surface area contributed by atoms with E-state index in [4.69, 9.17) is 11.6 Å². The van der Waals surface area contributed by atoms with Crippen molar-refractivity contribution in [3.05, 3.63) is 29.8 Å². The number of fused-ring (bicyclic) bond motifs is 1. The molecule has 0 saturated heterocycles. The lowest BCUT2D eigenvalue weighted by molar-refractivity contribution is -0.117. The van der Waals surface area contributed by atoms with Gasteiger partial charge < -0.3 is 5.32 Å². The third kappa shape index (κ3) is 2.02. The minimum absolute atomic E-state index is 0.229. The lowest BCUT2D eigenvalue weighted by Crippen LogP contribution is -2.33. The molecule has 0 saturated carbocycles. The van der Waals surface area contributed by atoms with Gasteiger partial charge >= 0.3 is 0 Å². The summed E-state index contributed by atoms with van der Waals surface area (Å²) in [4.78, 5) is 15.7. The zero-order valence-corrected chi connectivity index (χ0v) is 9.61. The highest BCUT2D eigenvalue weighted by molar-refractivity contribution is 7.13. The zero-order valence-electron chi connectivity index (χ0n) is 7.70. The first kappa shape index (κ1) is 10.6. The Labute approximate surface area is 94.4 Å². The van der Waals surface area contributed by atoms with Crippen LogP contribution in [-0.4, -0.2) is 17.2 Å². The van der Waals surface area contributed by atoms with Gasteiger partial charge in [0.1, 0.15) is 5.17 Å². The van der Waals surface area contributed by atoms with Crippen molar-refractivity contribution < 1.29 is 4.79 Å². The molecule has 2 rings (SSSR count). The maximum absolute atomic E-state index is 11.6. The van der Waals surface area contributed by atoms with Crippen LogP contribution in [0.15, 0.2) is 29.3 Å². The number of benzodiazepines with no additional fused rings is 1. The molecule has 1 heterocycles. The van der Waals surface area contributed by atoms with E-state index in [-0.39, 0.29) is 5.91 Å². The molecule has 2 N–H and O–H groups in total. The molecule has 1 amide bonds. The van der Waals surface area contributed by atoms with E-state index in [1.54, 1.807) is 6.07 Å². The maximum atomic E-state index is 11.6. The smallest absolute Gasteiger partial charge is 0.264 e. The van der Waals surface area contributed by atoms with Crippen LogP contribution in [-0.2, 0) is 4.79 Å². The van der Waals surface area contributed by atoms with Crippen molar-refractivity contribution in [3.63, 3.8) is 0 Å². The first-order valence-electron chi connectivity index (χ1n) is 4.32. The summed E-state index contributed by atoms with van der Waals surface area (Å²) in [6.45, 7) is 0. The first-order valence-corrected chi connectivity index (χ1v) is 5.27. The Morgan fingerprint density at radius 1 is 1.47 bits per heavy atom. The van der Waals surface area contributed by atoms with Crippen molar-refractivity contribution in [2.45, 2.75) is 6.17 Å². The van der Waals surface area contributed by atoms with Crippen LogP contribution in [0, 0.1) is 0 Å². The predicted molar refractivity (Wildman–Crippen MR) is 64.1 cm³/mol. The van der Waals surface area contributed by atoms with Crippen molar-refractivity contribution in [2.24, 2.45) is 4.99 Å². The lowest BCUT2D eigenvalue weighted by Gasteiger charge is -2.08. The third-order valence-electron chi connectivity index (χ3n) is 2.06. The van der Waals surface area contributed by atoms with Gasteiger partial charge in [0.2, 0.25) is 0 Å². The fraction of sp³-hybridized carbons (Fsp3) is 0.111. The average molecular weight is 242 g/mol. The number of amides is 1. The van der Waals surface area contributed by atoms with E-state index in [1.807, 2.05) is 18.2 Å². The van der Waals surface area contributed by atoms with Crippen LogP contribution in [0.4, 0.5) is 5.69 Å². The Hall–Kier alpha value is -0.960. The van der Waals surface area contributed by atoms with Crippen molar-refractivity contribution in [2.75, 3.05) is 5.32 Å². The standard InChI is InChI=1S/C9H9ClN3OP/c10-7-5-3-1-2-4-6(5)11-9(14)8(12-7)13-15/h1-4,8,13H,15H2,(H,11,14). The van der Waals surface area contributed by atoms with Gasteiger partial charge in [-0.3, -0.25) is 9.88 Å². The van der Waals surface area contributed by atoms with Crippen LogP contribution in [0.5, 0.6) is 0 Å². The molecule has 6 heteroatoms. The minimum Gasteiger partial charge on any atom is -0.322 e. The van der Waals surface area contributed by atoms with E-state index in [9.17, 15) is 4.79 Å². The molecule has 15 heavy (non-hydrogen) atoms. The second-order valence-electron chi connectivity index (χ2n) is 3.02. The van der Waals surface area contributed by atoms with Gasteiger partial charge in [-0.2, -0.15) is 0 Å². The van der Waals surface area contributed by atoms with E-state index in [0.717, 1.165) is 5.56 Å². The van der Waals surface area contributed by atoms with Gasteiger partial charge in [-0.15, -0.1) is 0 Å². The Balaban J connectivity index is 2.49. The number of hydrogen-bond donors (Lipinski definition) is 2. The highest BCUT2D eigenvalue weighted by Crippen LogP contribution is 2.21. The number of carbonyl (C=O) groups excluding carboxylic acids is 1. The minimum atomic E-state index is -0.671. The number of hydrogen-bond acceptors (Lipinski definition) is 3. The largest absolute Gasteiger partial charge is 0.322 e. The van der Waals surface area contributed by atoms with E-state index in [0.29, 0.717) is 10.9 Å². The number of nitrogens with one attached hydrogen (secondary N) is 2. The number of aliphatic imine (C=N–C) groups is 1. The van der Waals surface area contributed by atoms with Gasteiger partial charge in [0.05, 0.1) is 5.69 Å². The highest BCUT2D eigenvalue weighted by atomic mass is 35.5. The quantitative estimate of drug-likeness (QED) is 0.729. The molecule has 1 aliphatic rings. The number of benzene rings is 1. The van der Waals surface area contributed by atoms with Crippen molar-refractivity contribution in [3.8, 4) is 0 Å². The van der Waals surface area contributed by atoms with Gasteiger partial charge in [0.25, 0.3) is 5.91 Å². The van der Waals surface area contributed by atoms with Crippen LogP contribution < -0.4 is 10.4 Å². The molecule has 1 aromatic carbocycles. The van der Waals surface area contributed by atoms with Crippen LogP contribution in [0.3, 0.4) is 0 Å². The van der Waals surface area contributed by atoms with Gasteiger partial charge in [-0.25, -0.2) is 4.99 Å². The number of nitrogens with zero attached hydrogens (tertiary/aromatic N) is 1. The summed E-state index contributed by atoms with van der Waals surface area (Å²) in [7, 11) is 2.25. The molecule has 0 aliphatic carbocycles. The lowest BCUT2D eigenvalue weighted by atomic mass is 10.2. The summed E-state index contributed by atoms with van der Waals surface area (Å²) in [5.41, 5.74) is 1.41. The molecule has 0 bridgehead atoms. The first-order chi connectivity index (χ1) is 7.22. The molecule has 1 aromatic rings. The Morgan fingerprint density at radius 3 is 2.93 bits per heavy atom. The second kappa shape index (κ2) is 4.27. The molecule has 0 aromatic heterocycles. The SMILES string of the molecule is O=C1Nc2ccccc2C(Cl)=NC1NP. The predicted octanol–water partition coefficient (Wildman–Crippen LogP) is 1.33. The molecular weight excluding hydrogens is 233 g/mol. The Bertz CT molecular complexity index is 435. The van der Waals surface area contributed by atoms with Crippen molar-refractivity contribution >= 4 is 37.8 Å². The number of rotatable bonds is 1. The molecule has 2 unspecified atom stereocenters. The molecule has 4 nitrogen and oxygen atoms in total. The number of para-hydroxylation sites is 1. The van der Waals surface area contributed by atoms with Crippen LogP contribution >= 0.6 is 21.0 Å². The van der Waals surface area contributed by atoms with E-state index in [2.05, 4.69) is 24.8 Å². The molecule has 1 aliphatic heterocycles.